The topological polar surface area (TPSA) is 50.5 Å². The van der Waals surface area contributed by atoms with E-state index < -0.39 is 11.8 Å². The summed E-state index contributed by atoms with van der Waals surface area (Å²) in [6.45, 7) is 1.61. The molecule has 2 aliphatic rings. The molecule has 2 fully saturated rings. The quantitative estimate of drug-likeness (QED) is 0.799. The van der Waals surface area contributed by atoms with Gasteiger partial charge < -0.3 is 20.7 Å². The van der Waals surface area contributed by atoms with E-state index >= 15 is 0 Å². The Balaban J connectivity index is 1.51. The number of benzene rings is 1. The van der Waals surface area contributed by atoms with Crippen molar-refractivity contribution in [3.05, 3.63) is 24.3 Å². The van der Waals surface area contributed by atoms with E-state index in [1.165, 1.54) is 12.8 Å². The molecular weight excluding hydrogens is 355 g/mol. The number of ether oxygens (including phenoxy) is 1. The molecule has 0 aromatic heterocycles. The molecule has 0 spiro atoms. The molecule has 1 aliphatic heterocycles. The largest absolute Gasteiger partial charge is 0.417 e. The van der Waals surface area contributed by atoms with Crippen LogP contribution in [-0.4, -0.2) is 44.6 Å². The van der Waals surface area contributed by atoms with Crippen molar-refractivity contribution >= 4 is 11.4 Å². The number of anilines is 2. The molecule has 1 saturated heterocycles. The molecule has 0 radical (unpaired) electrons. The highest BCUT2D eigenvalue weighted by Crippen LogP contribution is 2.42. The predicted molar refractivity (Wildman–Crippen MR) is 102 cm³/mol. The highest BCUT2D eigenvalue weighted by molar-refractivity contribution is 5.55. The number of nitrogens with zero attached hydrogens (tertiary/aromatic N) is 1. The fourth-order valence-corrected chi connectivity index (χ4v) is 4.17. The van der Waals surface area contributed by atoms with E-state index in [1.54, 1.807) is 0 Å². The molecule has 1 aromatic carbocycles. The van der Waals surface area contributed by atoms with Crippen molar-refractivity contribution in [2.24, 2.45) is 11.7 Å². The van der Waals surface area contributed by atoms with Crippen LogP contribution in [0.3, 0.4) is 0 Å². The van der Waals surface area contributed by atoms with Gasteiger partial charge in [-0.3, -0.25) is 0 Å². The molecule has 1 aromatic rings. The molecule has 1 saturated carbocycles. The first kappa shape index (κ1) is 20.3. The van der Waals surface area contributed by atoms with Crippen molar-refractivity contribution in [2.75, 3.05) is 37.0 Å². The van der Waals surface area contributed by atoms with Gasteiger partial charge in [0.05, 0.1) is 0 Å². The van der Waals surface area contributed by atoms with Gasteiger partial charge in [0.25, 0.3) is 0 Å². The highest BCUT2D eigenvalue weighted by Gasteiger charge is 2.56. The van der Waals surface area contributed by atoms with Gasteiger partial charge in [0.15, 0.2) is 5.60 Å². The molecule has 0 amide bonds. The number of hydrogen-bond donors (Lipinski definition) is 2. The predicted octanol–water partition coefficient (Wildman–Crippen LogP) is 4.16. The number of rotatable bonds is 5. The number of alkyl halides is 3. The van der Waals surface area contributed by atoms with Crippen LogP contribution >= 0.6 is 0 Å². The summed E-state index contributed by atoms with van der Waals surface area (Å²) < 4.78 is 44.7. The van der Waals surface area contributed by atoms with Gasteiger partial charge in [-0.2, -0.15) is 13.2 Å². The van der Waals surface area contributed by atoms with Crippen LogP contribution in [0.2, 0.25) is 0 Å². The van der Waals surface area contributed by atoms with E-state index in [2.05, 4.69) is 5.32 Å². The molecule has 1 heterocycles. The summed E-state index contributed by atoms with van der Waals surface area (Å²) >= 11 is 0. The van der Waals surface area contributed by atoms with E-state index in [1.807, 2.05) is 29.2 Å². The molecule has 27 heavy (non-hydrogen) atoms. The lowest BCUT2D eigenvalue weighted by Crippen LogP contribution is -2.54. The van der Waals surface area contributed by atoms with Crippen LogP contribution in [0.1, 0.15) is 38.5 Å². The SMILES string of the molecule is COC1(C(F)(F)F)CCN(c2ccc(NCC3CCC(N)CC3)cc2)CC1. The zero-order valence-electron chi connectivity index (χ0n) is 15.9. The van der Waals surface area contributed by atoms with Crippen molar-refractivity contribution in [1.29, 1.82) is 0 Å². The van der Waals surface area contributed by atoms with Crippen LogP contribution in [-0.2, 0) is 4.74 Å². The standard InChI is InChI=1S/C20H30F3N3O/c1-27-19(20(21,22)23)10-12-26(13-11-19)18-8-6-17(7-9-18)25-14-15-2-4-16(24)5-3-15/h6-9,15-16,25H,2-5,10-14,24H2,1H3. The smallest absolute Gasteiger partial charge is 0.385 e. The van der Waals surface area contributed by atoms with Crippen molar-refractivity contribution < 1.29 is 17.9 Å². The summed E-state index contributed by atoms with van der Waals surface area (Å²) in [4.78, 5) is 2.00. The Morgan fingerprint density at radius 2 is 1.70 bits per heavy atom. The van der Waals surface area contributed by atoms with Crippen molar-refractivity contribution in [3.8, 4) is 0 Å². The van der Waals surface area contributed by atoms with Crippen molar-refractivity contribution in [1.82, 2.24) is 0 Å². The highest BCUT2D eigenvalue weighted by atomic mass is 19.4. The van der Waals surface area contributed by atoms with Gasteiger partial charge >= 0.3 is 6.18 Å². The molecule has 0 atom stereocenters. The molecule has 3 rings (SSSR count). The molecule has 0 unspecified atom stereocenters. The van der Waals surface area contributed by atoms with Crippen LogP contribution in [0, 0.1) is 5.92 Å². The second-order valence-corrected chi connectivity index (χ2v) is 7.89. The fourth-order valence-electron chi connectivity index (χ4n) is 4.17. The molecule has 1 aliphatic carbocycles. The van der Waals surface area contributed by atoms with E-state index in [4.69, 9.17) is 10.5 Å². The average molecular weight is 385 g/mol. The van der Waals surface area contributed by atoms with E-state index in [-0.39, 0.29) is 12.8 Å². The third kappa shape index (κ3) is 4.69. The summed E-state index contributed by atoms with van der Waals surface area (Å²) in [5.41, 5.74) is 5.94. The van der Waals surface area contributed by atoms with Gasteiger partial charge in [-0.25, -0.2) is 0 Å². The molecule has 7 heteroatoms. The summed E-state index contributed by atoms with van der Waals surface area (Å²) in [6.07, 6.45) is 0.113. The lowest BCUT2D eigenvalue weighted by atomic mass is 9.86. The minimum Gasteiger partial charge on any atom is -0.385 e. The number of methoxy groups -OCH3 is 1. The fraction of sp³-hybridized carbons (Fsp3) is 0.700. The number of halogens is 3. The molecular formula is C20H30F3N3O. The summed E-state index contributed by atoms with van der Waals surface area (Å²) in [7, 11) is 1.16. The average Bonchev–Trinajstić information content (AvgIpc) is 2.67. The third-order valence-corrected chi connectivity index (χ3v) is 6.20. The Labute approximate surface area is 159 Å². The van der Waals surface area contributed by atoms with E-state index in [9.17, 15) is 13.2 Å². The van der Waals surface area contributed by atoms with E-state index in [0.29, 0.717) is 25.0 Å². The molecule has 0 bridgehead atoms. The number of nitrogens with two attached hydrogens (primary N) is 1. The van der Waals surface area contributed by atoms with Gasteiger partial charge in [-0.15, -0.1) is 0 Å². The Morgan fingerprint density at radius 1 is 1.11 bits per heavy atom. The second kappa shape index (κ2) is 8.27. The Kier molecular flexibility index (Phi) is 6.21. The minimum absolute atomic E-state index is 0.0448. The normalized spacial score (nSPS) is 26.0. The van der Waals surface area contributed by atoms with Crippen LogP contribution < -0.4 is 16.0 Å². The summed E-state index contributed by atoms with van der Waals surface area (Å²) in [5, 5.41) is 3.47. The zero-order chi connectivity index (χ0) is 19.5. The lowest BCUT2D eigenvalue weighted by Gasteiger charge is -2.42. The molecule has 152 valence electrons. The zero-order valence-corrected chi connectivity index (χ0v) is 15.9. The monoisotopic (exact) mass is 385 g/mol. The maximum Gasteiger partial charge on any atom is 0.417 e. The lowest BCUT2D eigenvalue weighted by molar-refractivity contribution is -0.276. The van der Waals surface area contributed by atoms with Gasteiger partial charge in [0.1, 0.15) is 0 Å². The van der Waals surface area contributed by atoms with Crippen LogP contribution in [0.4, 0.5) is 24.5 Å². The van der Waals surface area contributed by atoms with E-state index in [0.717, 1.165) is 37.9 Å². The second-order valence-electron chi connectivity index (χ2n) is 7.89. The van der Waals surface area contributed by atoms with Crippen molar-refractivity contribution in [3.63, 3.8) is 0 Å². The number of nitrogens with one attached hydrogen (secondary N) is 1. The Morgan fingerprint density at radius 3 is 2.22 bits per heavy atom. The van der Waals surface area contributed by atoms with Crippen LogP contribution in [0.15, 0.2) is 24.3 Å². The molecule has 3 N–H and O–H groups in total. The summed E-state index contributed by atoms with van der Waals surface area (Å²) in [5.74, 6) is 0.663. The van der Waals surface area contributed by atoms with Crippen LogP contribution in [0.5, 0.6) is 0 Å². The van der Waals surface area contributed by atoms with Gasteiger partial charge in [-0.05, 0) is 55.9 Å². The number of hydrogen-bond acceptors (Lipinski definition) is 4. The van der Waals surface area contributed by atoms with Gasteiger partial charge in [-0.1, -0.05) is 0 Å². The first-order chi connectivity index (χ1) is 12.8. The first-order valence-corrected chi connectivity index (χ1v) is 9.79. The van der Waals surface area contributed by atoms with Gasteiger partial charge in [0, 0.05) is 57.0 Å². The number of piperidine rings is 1. The Bertz CT molecular complexity index is 589. The molecule has 4 nitrogen and oxygen atoms in total. The third-order valence-electron chi connectivity index (χ3n) is 6.20. The maximum absolute atomic E-state index is 13.3. The summed E-state index contributed by atoms with van der Waals surface area (Å²) in [6, 6.07) is 8.33. The maximum atomic E-state index is 13.3. The van der Waals surface area contributed by atoms with Crippen molar-refractivity contribution in [2.45, 2.75) is 56.3 Å². The Hall–Kier alpha value is -1.47. The first-order valence-electron chi connectivity index (χ1n) is 9.79. The van der Waals surface area contributed by atoms with Gasteiger partial charge in [0.2, 0.25) is 0 Å². The van der Waals surface area contributed by atoms with Crippen LogP contribution in [0.25, 0.3) is 0 Å². The minimum atomic E-state index is -4.33.